The van der Waals surface area contributed by atoms with Gasteiger partial charge in [-0.3, -0.25) is 4.79 Å². The van der Waals surface area contributed by atoms with E-state index in [1.165, 1.54) is 27.4 Å². The zero-order valence-electron chi connectivity index (χ0n) is 15.5. The number of amides is 1. The Morgan fingerprint density at radius 2 is 1.59 bits per heavy atom. The molecule has 2 rings (SSSR count). The highest BCUT2D eigenvalue weighted by Crippen LogP contribution is 2.28. The summed E-state index contributed by atoms with van der Waals surface area (Å²) in [7, 11) is 0.608. The van der Waals surface area contributed by atoms with Crippen LogP contribution in [0.1, 0.15) is 5.56 Å². The van der Waals surface area contributed by atoms with Crippen molar-refractivity contribution in [3.05, 3.63) is 42.0 Å². The predicted octanol–water partition coefficient (Wildman–Crippen LogP) is 1.94. The molecule has 0 atom stereocenters. The summed E-state index contributed by atoms with van der Waals surface area (Å²) in [5.74, 6) is 0.962. The van der Waals surface area contributed by atoms with Crippen LogP contribution in [0, 0.1) is 6.92 Å². The molecule has 1 amide bonds. The number of methoxy groups -OCH3 is 3. The summed E-state index contributed by atoms with van der Waals surface area (Å²) in [5, 5.41) is 2.60. The van der Waals surface area contributed by atoms with Crippen LogP contribution >= 0.6 is 0 Å². The SMILES string of the molecule is COc1ccc(S(=O)(=O)NCC(=O)Nc2cc(OC)ccc2OC)c(C)c1. The lowest BCUT2D eigenvalue weighted by Crippen LogP contribution is -2.33. The summed E-state index contributed by atoms with van der Waals surface area (Å²) in [6.07, 6.45) is 0. The zero-order valence-corrected chi connectivity index (χ0v) is 16.3. The van der Waals surface area contributed by atoms with Crippen molar-refractivity contribution in [3.63, 3.8) is 0 Å². The molecule has 146 valence electrons. The average Bonchev–Trinajstić information content (AvgIpc) is 2.66. The lowest BCUT2D eigenvalue weighted by molar-refractivity contribution is -0.115. The fourth-order valence-electron chi connectivity index (χ4n) is 2.39. The Hall–Kier alpha value is -2.78. The summed E-state index contributed by atoms with van der Waals surface area (Å²) in [5.41, 5.74) is 0.887. The summed E-state index contributed by atoms with van der Waals surface area (Å²) in [6, 6.07) is 9.49. The molecular formula is C18H22N2O6S. The molecule has 0 bridgehead atoms. The van der Waals surface area contributed by atoms with Gasteiger partial charge in [0.05, 0.1) is 38.5 Å². The maximum atomic E-state index is 12.5. The fraction of sp³-hybridized carbons (Fsp3) is 0.278. The van der Waals surface area contributed by atoms with Gasteiger partial charge in [0, 0.05) is 6.07 Å². The highest BCUT2D eigenvalue weighted by molar-refractivity contribution is 7.89. The number of aryl methyl sites for hydroxylation is 1. The minimum absolute atomic E-state index is 0.0788. The standard InChI is InChI=1S/C18H22N2O6S/c1-12-9-13(24-2)6-8-17(12)27(22,23)19-11-18(21)20-15-10-14(25-3)5-7-16(15)26-4/h5-10,19H,11H2,1-4H3,(H,20,21). The van der Waals surface area contributed by atoms with Gasteiger partial charge in [-0.2, -0.15) is 0 Å². The summed E-state index contributed by atoms with van der Waals surface area (Å²) >= 11 is 0. The number of rotatable bonds is 8. The highest BCUT2D eigenvalue weighted by Gasteiger charge is 2.19. The minimum atomic E-state index is -3.85. The van der Waals surface area contributed by atoms with E-state index < -0.39 is 22.5 Å². The average molecular weight is 394 g/mol. The van der Waals surface area contributed by atoms with Crippen molar-refractivity contribution in [1.29, 1.82) is 0 Å². The molecule has 0 fully saturated rings. The first kappa shape index (κ1) is 20.5. The summed E-state index contributed by atoms with van der Waals surface area (Å²) in [4.78, 5) is 12.3. The van der Waals surface area contributed by atoms with E-state index in [0.717, 1.165) is 0 Å². The van der Waals surface area contributed by atoms with E-state index in [9.17, 15) is 13.2 Å². The van der Waals surface area contributed by atoms with Crippen molar-refractivity contribution in [3.8, 4) is 17.2 Å². The van der Waals surface area contributed by atoms with Crippen LogP contribution in [-0.4, -0.2) is 42.2 Å². The molecule has 0 aromatic heterocycles. The maximum Gasteiger partial charge on any atom is 0.241 e. The fourth-order valence-corrected chi connectivity index (χ4v) is 3.60. The molecule has 0 radical (unpaired) electrons. The van der Waals surface area contributed by atoms with Gasteiger partial charge in [-0.05, 0) is 42.8 Å². The first-order valence-corrected chi connectivity index (χ1v) is 9.45. The number of benzene rings is 2. The first-order chi connectivity index (χ1) is 12.8. The summed E-state index contributed by atoms with van der Waals surface area (Å²) < 4.78 is 42.6. The Bertz CT molecular complexity index is 927. The third-order valence-electron chi connectivity index (χ3n) is 3.78. The van der Waals surface area contributed by atoms with Crippen molar-refractivity contribution in [2.45, 2.75) is 11.8 Å². The molecule has 0 unspecified atom stereocenters. The molecular weight excluding hydrogens is 372 g/mol. The van der Waals surface area contributed by atoms with Crippen LogP contribution in [0.15, 0.2) is 41.3 Å². The molecule has 0 aliphatic rings. The van der Waals surface area contributed by atoms with E-state index in [-0.39, 0.29) is 4.90 Å². The van der Waals surface area contributed by atoms with Crippen LogP contribution in [0.4, 0.5) is 5.69 Å². The number of nitrogens with one attached hydrogen (secondary N) is 2. The van der Waals surface area contributed by atoms with E-state index in [2.05, 4.69) is 10.0 Å². The van der Waals surface area contributed by atoms with E-state index >= 15 is 0 Å². The van der Waals surface area contributed by atoms with Gasteiger partial charge in [0.2, 0.25) is 15.9 Å². The molecule has 2 aromatic carbocycles. The molecule has 0 saturated carbocycles. The van der Waals surface area contributed by atoms with Crippen molar-refractivity contribution in [2.24, 2.45) is 0 Å². The lowest BCUT2D eigenvalue weighted by Gasteiger charge is -2.13. The molecule has 0 saturated heterocycles. The summed E-state index contributed by atoms with van der Waals surface area (Å²) in [6.45, 7) is 1.21. The molecule has 0 spiro atoms. The second kappa shape index (κ2) is 8.74. The van der Waals surface area contributed by atoms with E-state index in [1.54, 1.807) is 37.3 Å². The number of sulfonamides is 1. The lowest BCUT2D eigenvalue weighted by atomic mass is 10.2. The number of hydrogen-bond donors (Lipinski definition) is 2. The number of carbonyl (C=O) groups is 1. The van der Waals surface area contributed by atoms with Crippen molar-refractivity contribution < 1.29 is 27.4 Å². The van der Waals surface area contributed by atoms with Crippen LogP contribution in [-0.2, 0) is 14.8 Å². The monoisotopic (exact) mass is 394 g/mol. The van der Waals surface area contributed by atoms with E-state index in [0.29, 0.717) is 28.5 Å². The number of anilines is 1. The minimum Gasteiger partial charge on any atom is -0.497 e. The quantitative estimate of drug-likeness (QED) is 0.709. The van der Waals surface area contributed by atoms with Crippen molar-refractivity contribution in [2.75, 3.05) is 33.2 Å². The van der Waals surface area contributed by atoms with Crippen LogP contribution in [0.3, 0.4) is 0 Å². The Labute approximate surface area is 158 Å². The van der Waals surface area contributed by atoms with Gasteiger partial charge >= 0.3 is 0 Å². The molecule has 9 heteroatoms. The Balaban J connectivity index is 2.09. The first-order valence-electron chi connectivity index (χ1n) is 7.97. The van der Waals surface area contributed by atoms with Crippen LogP contribution in [0.5, 0.6) is 17.2 Å². The van der Waals surface area contributed by atoms with Gasteiger partial charge in [0.15, 0.2) is 0 Å². The topological polar surface area (TPSA) is 103 Å². The zero-order chi connectivity index (χ0) is 20.0. The normalized spacial score (nSPS) is 11.0. The molecule has 27 heavy (non-hydrogen) atoms. The van der Waals surface area contributed by atoms with Crippen molar-refractivity contribution in [1.82, 2.24) is 4.72 Å². The number of ether oxygens (including phenoxy) is 3. The Kier molecular flexibility index (Phi) is 6.65. The molecule has 0 aliphatic carbocycles. The molecule has 0 heterocycles. The van der Waals surface area contributed by atoms with Crippen LogP contribution in [0.2, 0.25) is 0 Å². The largest absolute Gasteiger partial charge is 0.497 e. The van der Waals surface area contributed by atoms with Crippen LogP contribution < -0.4 is 24.2 Å². The predicted molar refractivity (Wildman–Crippen MR) is 101 cm³/mol. The van der Waals surface area contributed by atoms with Gasteiger partial charge in [-0.15, -0.1) is 0 Å². The third-order valence-corrected chi connectivity index (χ3v) is 5.34. The Morgan fingerprint density at radius 1 is 0.963 bits per heavy atom. The highest BCUT2D eigenvalue weighted by atomic mass is 32.2. The second-order valence-electron chi connectivity index (χ2n) is 5.57. The molecule has 2 N–H and O–H groups in total. The Morgan fingerprint density at radius 3 is 2.19 bits per heavy atom. The van der Waals surface area contributed by atoms with Gasteiger partial charge in [0.1, 0.15) is 17.2 Å². The molecule has 8 nitrogen and oxygen atoms in total. The number of hydrogen-bond acceptors (Lipinski definition) is 6. The maximum absolute atomic E-state index is 12.5. The van der Waals surface area contributed by atoms with Crippen LogP contribution in [0.25, 0.3) is 0 Å². The number of carbonyl (C=O) groups excluding carboxylic acids is 1. The smallest absolute Gasteiger partial charge is 0.241 e. The van der Waals surface area contributed by atoms with Crippen molar-refractivity contribution >= 4 is 21.6 Å². The van der Waals surface area contributed by atoms with E-state index in [4.69, 9.17) is 14.2 Å². The third kappa shape index (κ3) is 5.11. The van der Waals surface area contributed by atoms with Gasteiger partial charge in [-0.1, -0.05) is 0 Å². The van der Waals surface area contributed by atoms with Gasteiger partial charge in [0.25, 0.3) is 0 Å². The molecule has 0 aliphatic heterocycles. The molecule has 2 aromatic rings. The van der Waals surface area contributed by atoms with Gasteiger partial charge in [-0.25, -0.2) is 13.1 Å². The van der Waals surface area contributed by atoms with E-state index in [1.807, 2.05) is 0 Å². The van der Waals surface area contributed by atoms with Gasteiger partial charge < -0.3 is 19.5 Å². The second-order valence-corrected chi connectivity index (χ2v) is 7.31.